The van der Waals surface area contributed by atoms with Gasteiger partial charge in [0.2, 0.25) is 0 Å². The molecule has 1 aliphatic rings. The zero-order valence-corrected chi connectivity index (χ0v) is 12.5. The molecule has 2 N–H and O–H groups in total. The fourth-order valence-electron chi connectivity index (χ4n) is 3.63. The molecule has 2 aromatic carbocycles. The predicted octanol–water partition coefficient (Wildman–Crippen LogP) is 4.66. The van der Waals surface area contributed by atoms with Crippen molar-refractivity contribution in [2.24, 2.45) is 0 Å². The molecule has 1 fully saturated rings. The Bertz CT molecular complexity index is 623. The summed E-state index contributed by atoms with van der Waals surface area (Å²) in [5.74, 6) is 0.669. The third-order valence-corrected chi connectivity index (χ3v) is 4.88. The van der Waals surface area contributed by atoms with Gasteiger partial charge < -0.3 is 10.2 Å². The molecule has 21 heavy (non-hydrogen) atoms. The van der Waals surface area contributed by atoms with Gasteiger partial charge in [-0.15, -0.1) is 0 Å². The van der Waals surface area contributed by atoms with Crippen LogP contribution in [0.15, 0.2) is 42.5 Å². The maximum absolute atomic E-state index is 9.80. The van der Waals surface area contributed by atoms with Gasteiger partial charge in [0.15, 0.2) is 0 Å². The highest BCUT2D eigenvalue weighted by atomic mass is 16.3. The Kier molecular flexibility index (Phi) is 3.62. The Morgan fingerprint density at radius 2 is 1.43 bits per heavy atom. The molecule has 0 aromatic heterocycles. The van der Waals surface area contributed by atoms with Crippen LogP contribution in [-0.4, -0.2) is 10.2 Å². The average Bonchev–Trinajstić information content (AvgIpc) is 2.51. The number of aromatic hydroxyl groups is 2. The molecule has 0 aliphatic heterocycles. The first-order chi connectivity index (χ1) is 10.1. The lowest BCUT2D eigenvalue weighted by atomic mass is 9.65. The highest BCUT2D eigenvalue weighted by molar-refractivity contribution is 5.46. The van der Waals surface area contributed by atoms with E-state index in [0.29, 0.717) is 11.5 Å². The number of hydrogen-bond donors (Lipinski definition) is 2. The summed E-state index contributed by atoms with van der Waals surface area (Å²) in [5.41, 5.74) is 3.49. The van der Waals surface area contributed by atoms with Crippen LogP contribution in [0.5, 0.6) is 11.5 Å². The molecule has 0 bridgehead atoms. The summed E-state index contributed by atoms with van der Waals surface area (Å²) < 4.78 is 0. The van der Waals surface area contributed by atoms with Gasteiger partial charge in [0.05, 0.1) is 0 Å². The lowest BCUT2D eigenvalue weighted by molar-refractivity contribution is 0.345. The van der Waals surface area contributed by atoms with Gasteiger partial charge in [-0.3, -0.25) is 0 Å². The van der Waals surface area contributed by atoms with E-state index < -0.39 is 0 Å². The van der Waals surface area contributed by atoms with Crippen LogP contribution in [0, 0.1) is 6.92 Å². The minimum atomic E-state index is 0.0183. The minimum Gasteiger partial charge on any atom is -0.508 e. The van der Waals surface area contributed by atoms with E-state index in [2.05, 4.69) is 12.1 Å². The van der Waals surface area contributed by atoms with Gasteiger partial charge in [0, 0.05) is 5.41 Å². The fraction of sp³-hybridized carbons (Fsp3) is 0.368. The van der Waals surface area contributed by atoms with Gasteiger partial charge in [-0.1, -0.05) is 43.5 Å². The van der Waals surface area contributed by atoms with Crippen molar-refractivity contribution in [1.82, 2.24) is 0 Å². The lowest BCUT2D eigenvalue weighted by Gasteiger charge is -2.39. The van der Waals surface area contributed by atoms with E-state index in [1.807, 2.05) is 19.1 Å². The normalized spacial score (nSPS) is 17.6. The topological polar surface area (TPSA) is 40.5 Å². The molecule has 0 spiro atoms. The standard InChI is InChI=1S/C19H22O2/c1-14-13-16(7-10-18(14)21)19(11-3-2-4-12-19)15-5-8-17(20)9-6-15/h5-10,13,20-21H,2-4,11-12H2,1H3. The largest absolute Gasteiger partial charge is 0.508 e. The molecule has 2 heteroatoms. The smallest absolute Gasteiger partial charge is 0.118 e. The summed E-state index contributed by atoms with van der Waals surface area (Å²) in [6, 6.07) is 13.6. The van der Waals surface area contributed by atoms with Gasteiger partial charge in [-0.05, 0) is 54.7 Å². The van der Waals surface area contributed by atoms with E-state index in [1.165, 1.54) is 30.4 Å². The molecule has 0 atom stereocenters. The van der Waals surface area contributed by atoms with Gasteiger partial charge in [0.25, 0.3) is 0 Å². The van der Waals surface area contributed by atoms with Crippen molar-refractivity contribution in [3.8, 4) is 11.5 Å². The highest BCUT2D eigenvalue weighted by Crippen LogP contribution is 2.45. The Hall–Kier alpha value is -1.96. The van der Waals surface area contributed by atoms with Gasteiger partial charge in [-0.2, -0.15) is 0 Å². The van der Waals surface area contributed by atoms with Crippen LogP contribution < -0.4 is 0 Å². The van der Waals surface area contributed by atoms with E-state index in [9.17, 15) is 10.2 Å². The second-order valence-electron chi connectivity index (χ2n) is 6.19. The molecule has 0 amide bonds. The average molecular weight is 282 g/mol. The molecule has 0 unspecified atom stereocenters. The second kappa shape index (κ2) is 5.44. The summed E-state index contributed by atoms with van der Waals surface area (Å²) in [6.07, 6.45) is 5.99. The van der Waals surface area contributed by atoms with Crippen LogP contribution in [0.2, 0.25) is 0 Å². The van der Waals surface area contributed by atoms with Crippen molar-refractivity contribution in [3.05, 3.63) is 59.2 Å². The summed E-state index contributed by atoms with van der Waals surface area (Å²) in [7, 11) is 0. The van der Waals surface area contributed by atoms with E-state index in [4.69, 9.17) is 0 Å². The number of rotatable bonds is 2. The molecular formula is C19H22O2. The van der Waals surface area contributed by atoms with E-state index in [1.54, 1.807) is 18.2 Å². The van der Waals surface area contributed by atoms with Gasteiger partial charge in [0.1, 0.15) is 11.5 Å². The summed E-state index contributed by atoms with van der Waals surface area (Å²) in [4.78, 5) is 0. The quantitative estimate of drug-likeness (QED) is 0.841. The zero-order chi connectivity index (χ0) is 14.9. The summed E-state index contributed by atoms with van der Waals surface area (Å²) >= 11 is 0. The second-order valence-corrected chi connectivity index (χ2v) is 6.19. The Morgan fingerprint density at radius 1 is 0.810 bits per heavy atom. The molecule has 0 saturated heterocycles. The molecule has 2 nitrogen and oxygen atoms in total. The number of aryl methyl sites for hydroxylation is 1. The van der Waals surface area contributed by atoms with Crippen LogP contribution in [0.4, 0.5) is 0 Å². The van der Waals surface area contributed by atoms with Crippen molar-refractivity contribution in [3.63, 3.8) is 0 Å². The zero-order valence-electron chi connectivity index (χ0n) is 12.5. The maximum atomic E-state index is 9.80. The van der Waals surface area contributed by atoms with Crippen LogP contribution >= 0.6 is 0 Å². The maximum Gasteiger partial charge on any atom is 0.118 e. The molecule has 1 saturated carbocycles. The first-order valence-electron chi connectivity index (χ1n) is 7.71. The SMILES string of the molecule is Cc1cc(C2(c3ccc(O)cc3)CCCCC2)ccc1O. The molecule has 110 valence electrons. The van der Waals surface area contributed by atoms with Gasteiger partial charge in [-0.25, -0.2) is 0 Å². The van der Waals surface area contributed by atoms with Crippen molar-refractivity contribution in [2.45, 2.75) is 44.4 Å². The molecule has 1 aliphatic carbocycles. The molecule has 2 aromatic rings. The fourth-order valence-corrected chi connectivity index (χ4v) is 3.63. The van der Waals surface area contributed by atoms with Crippen LogP contribution in [-0.2, 0) is 5.41 Å². The Balaban J connectivity index is 2.12. The Morgan fingerprint density at radius 3 is 2.05 bits per heavy atom. The lowest BCUT2D eigenvalue weighted by Crippen LogP contribution is -2.30. The first kappa shape index (κ1) is 14.0. The molecule has 0 heterocycles. The molecule has 0 radical (unpaired) electrons. The first-order valence-corrected chi connectivity index (χ1v) is 7.71. The van der Waals surface area contributed by atoms with Crippen LogP contribution in [0.1, 0.15) is 48.8 Å². The minimum absolute atomic E-state index is 0.0183. The third kappa shape index (κ3) is 2.51. The number of phenolic OH excluding ortho intramolecular Hbond substituents is 2. The summed E-state index contributed by atoms with van der Waals surface area (Å²) in [6.45, 7) is 1.95. The van der Waals surface area contributed by atoms with Crippen LogP contribution in [0.25, 0.3) is 0 Å². The number of benzene rings is 2. The van der Waals surface area contributed by atoms with Gasteiger partial charge >= 0.3 is 0 Å². The van der Waals surface area contributed by atoms with E-state index in [0.717, 1.165) is 18.4 Å². The Labute approximate surface area is 126 Å². The highest BCUT2D eigenvalue weighted by Gasteiger charge is 2.35. The van der Waals surface area contributed by atoms with Crippen molar-refractivity contribution >= 4 is 0 Å². The predicted molar refractivity (Wildman–Crippen MR) is 84.8 cm³/mol. The van der Waals surface area contributed by atoms with E-state index in [-0.39, 0.29) is 5.41 Å². The van der Waals surface area contributed by atoms with Crippen molar-refractivity contribution in [2.75, 3.05) is 0 Å². The van der Waals surface area contributed by atoms with Crippen molar-refractivity contribution in [1.29, 1.82) is 0 Å². The molecular weight excluding hydrogens is 260 g/mol. The number of hydrogen-bond acceptors (Lipinski definition) is 2. The number of phenols is 2. The van der Waals surface area contributed by atoms with Crippen molar-refractivity contribution < 1.29 is 10.2 Å². The van der Waals surface area contributed by atoms with Crippen LogP contribution in [0.3, 0.4) is 0 Å². The third-order valence-electron chi connectivity index (χ3n) is 4.88. The van der Waals surface area contributed by atoms with E-state index >= 15 is 0 Å². The summed E-state index contributed by atoms with van der Waals surface area (Å²) in [5, 5.41) is 19.4. The molecule has 3 rings (SSSR count). The monoisotopic (exact) mass is 282 g/mol.